The van der Waals surface area contributed by atoms with E-state index < -0.39 is 0 Å². The normalized spacial score (nSPS) is 15.2. The molecule has 0 saturated carbocycles. The number of carbonyl (C=O) groups excluding carboxylic acids is 1. The minimum absolute atomic E-state index is 0.0223. The molecule has 0 amide bonds. The molecule has 6 nitrogen and oxygen atoms in total. The second kappa shape index (κ2) is 8.47. The third-order valence-electron chi connectivity index (χ3n) is 5.33. The molecule has 0 unspecified atom stereocenters. The summed E-state index contributed by atoms with van der Waals surface area (Å²) >= 11 is 1.67. The summed E-state index contributed by atoms with van der Waals surface area (Å²) in [6.07, 6.45) is 1.57. The van der Waals surface area contributed by atoms with Crippen molar-refractivity contribution >= 4 is 33.3 Å². The molecule has 0 atom stereocenters. The van der Waals surface area contributed by atoms with Gasteiger partial charge in [-0.25, -0.2) is 9.97 Å². The summed E-state index contributed by atoms with van der Waals surface area (Å²) in [5.74, 6) is 1.68. The summed E-state index contributed by atoms with van der Waals surface area (Å²) in [6.45, 7) is 2.27. The molecular formula is C22H26N4O2S. The number of carbonyl (C=O) groups is 1. The standard InChI is InChI=1S/C22H26N4O2S/c1-25(2)13-18-23-20(26-11-9-16(10-12-26)22(27)28-3)19-17(14-29-21(19)24-18)15-7-5-4-6-8-15/h4-8,14,16H,9-13H2,1-3H3. The van der Waals surface area contributed by atoms with Crippen molar-refractivity contribution in [2.24, 2.45) is 5.92 Å². The number of hydrogen-bond donors (Lipinski definition) is 0. The van der Waals surface area contributed by atoms with Crippen molar-refractivity contribution in [3.8, 4) is 11.1 Å². The van der Waals surface area contributed by atoms with Gasteiger partial charge in [0.1, 0.15) is 16.5 Å². The van der Waals surface area contributed by atoms with Crippen molar-refractivity contribution in [3.05, 3.63) is 41.5 Å². The molecule has 3 heterocycles. The second-order valence-corrected chi connectivity index (χ2v) is 8.54. The summed E-state index contributed by atoms with van der Waals surface area (Å²) in [5, 5.41) is 3.29. The first-order chi connectivity index (χ1) is 14.1. The summed E-state index contributed by atoms with van der Waals surface area (Å²) in [4.78, 5) is 27.1. The zero-order valence-electron chi connectivity index (χ0n) is 17.1. The van der Waals surface area contributed by atoms with E-state index >= 15 is 0 Å². The Labute approximate surface area is 175 Å². The maximum atomic E-state index is 11.9. The number of anilines is 1. The van der Waals surface area contributed by atoms with Gasteiger partial charge in [0.15, 0.2) is 0 Å². The van der Waals surface area contributed by atoms with E-state index in [0.29, 0.717) is 6.54 Å². The first kappa shape index (κ1) is 19.8. The van der Waals surface area contributed by atoms with Crippen LogP contribution in [0.2, 0.25) is 0 Å². The number of benzene rings is 1. The zero-order valence-corrected chi connectivity index (χ0v) is 17.9. The summed E-state index contributed by atoms with van der Waals surface area (Å²) in [7, 11) is 5.52. The Morgan fingerprint density at radius 2 is 1.93 bits per heavy atom. The fourth-order valence-corrected chi connectivity index (χ4v) is 4.83. The molecule has 4 rings (SSSR count). The van der Waals surface area contributed by atoms with Gasteiger partial charge in [-0.05, 0) is 32.5 Å². The average Bonchev–Trinajstić information content (AvgIpc) is 3.17. The van der Waals surface area contributed by atoms with Crippen molar-refractivity contribution in [1.29, 1.82) is 0 Å². The lowest BCUT2D eigenvalue weighted by Crippen LogP contribution is -2.37. The SMILES string of the molecule is COC(=O)C1CCN(c2nc(CN(C)C)nc3scc(-c4ccccc4)c23)CC1. The van der Waals surface area contributed by atoms with Crippen LogP contribution in [0.4, 0.5) is 5.82 Å². The molecule has 3 aromatic rings. The van der Waals surface area contributed by atoms with Gasteiger partial charge in [0.25, 0.3) is 0 Å². The zero-order chi connectivity index (χ0) is 20.4. The lowest BCUT2D eigenvalue weighted by molar-refractivity contribution is -0.146. The predicted molar refractivity (Wildman–Crippen MR) is 117 cm³/mol. The van der Waals surface area contributed by atoms with Crippen LogP contribution in [0.25, 0.3) is 21.3 Å². The van der Waals surface area contributed by atoms with Gasteiger partial charge >= 0.3 is 5.97 Å². The van der Waals surface area contributed by atoms with E-state index in [9.17, 15) is 4.79 Å². The highest BCUT2D eigenvalue weighted by molar-refractivity contribution is 7.17. The van der Waals surface area contributed by atoms with Gasteiger partial charge in [-0.1, -0.05) is 30.3 Å². The van der Waals surface area contributed by atoms with Crippen LogP contribution in [0.3, 0.4) is 0 Å². The fraction of sp³-hybridized carbons (Fsp3) is 0.409. The number of aromatic nitrogens is 2. The van der Waals surface area contributed by atoms with Crippen molar-refractivity contribution in [2.75, 3.05) is 39.2 Å². The summed E-state index contributed by atoms with van der Waals surface area (Å²) in [6, 6.07) is 10.4. The van der Waals surface area contributed by atoms with Crippen LogP contribution in [-0.4, -0.2) is 55.1 Å². The van der Waals surface area contributed by atoms with Crippen molar-refractivity contribution < 1.29 is 9.53 Å². The molecule has 2 aromatic heterocycles. The lowest BCUT2D eigenvalue weighted by atomic mass is 9.96. The number of methoxy groups -OCH3 is 1. The highest BCUT2D eigenvalue weighted by atomic mass is 32.1. The number of ether oxygens (including phenoxy) is 1. The maximum Gasteiger partial charge on any atom is 0.308 e. The Balaban J connectivity index is 1.76. The van der Waals surface area contributed by atoms with Crippen LogP contribution >= 0.6 is 11.3 Å². The highest BCUT2D eigenvalue weighted by Gasteiger charge is 2.28. The number of hydrogen-bond acceptors (Lipinski definition) is 7. The van der Waals surface area contributed by atoms with E-state index in [4.69, 9.17) is 14.7 Å². The third-order valence-corrected chi connectivity index (χ3v) is 6.20. The van der Waals surface area contributed by atoms with Crippen LogP contribution < -0.4 is 4.90 Å². The monoisotopic (exact) mass is 410 g/mol. The van der Waals surface area contributed by atoms with Gasteiger partial charge in [0.05, 0.1) is 25.0 Å². The first-order valence-corrected chi connectivity index (χ1v) is 10.8. The predicted octanol–water partition coefficient (Wildman–Crippen LogP) is 3.81. The largest absolute Gasteiger partial charge is 0.469 e. The van der Waals surface area contributed by atoms with Gasteiger partial charge in [-0.3, -0.25) is 4.79 Å². The van der Waals surface area contributed by atoms with E-state index in [1.807, 2.05) is 20.2 Å². The Morgan fingerprint density at radius 1 is 1.21 bits per heavy atom. The molecule has 0 bridgehead atoms. The lowest BCUT2D eigenvalue weighted by Gasteiger charge is -2.32. The van der Waals surface area contributed by atoms with Crippen molar-refractivity contribution in [1.82, 2.24) is 14.9 Å². The maximum absolute atomic E-state index is 11.9. The van der Waals surface area contributed by atoms with E-state index in [-0.39, 0.29) is 11.9 Å². The number of thiophene rings is 1. The van der Waals surface area contributed by atoms with Crippen LogP contribution in [0.1, 0.15) is 18.7 Å². The molecule has 7 heteroatoms. The molecule has 152 valence electrons. The molecule has 1 aromatic carbocycles. The molecule has 1 fully saturated rings. The fourth-order valence-electron chi connectivity index (χ4n) is 3.87. The quantitative estimate of drug-likeness (QED) is 0.596. The molecule has 29 heavy (non-hydrogen) atoms. The summed E-state index contributed by atoms with van der Waals surface area (Å²) < 4.78 is 4.94. The molecule has 1 aliphatic rings. The second-order valence-electron chi connectivity index (χ2n) is 7.68. The van der Waals surface area contributed by atoms with E-state index in [1.165, 1.54) is 18.2 Å². The Kier molecular flexibility index (Phi) is 5.78. The minimum Gasteiger partial charge on any atom is -0.469 e. The Bertz CT molecular complexity index is 995. The number of fused-ring (bicyclic) bond motifs is 1. The van der Waals surface area contributed by atoms with Crippen LogP contribution in [0, 0.1) is 5.92 Å². The average molecular weight is 411 g/mol. The van der Waals surface area contributed by atoms with Crippen molar-refractivity contribution in [3.63, 3.8) is 0 Å². The molecule has 0 aliphatic carbocycles. The number of nitrogens with zero attached hydrogens (tertiary/aromatic N) is 4. The number of piperidine rings is 1. The van der Waals surface area contributed by atoms with E-state index in [2.05, 4.69) is 39.4 Å². The number of rotatable bonds is 5. The third kappa shape index (κ3) is 4.11. The van der Waals surface area contributed by atoms with Crippen LogP contribution in [0.5, 0.6) is 0 Å². The Hall–Kier alpha value is -2.51. The van der Waals surface area contributed by atoms with Gasteiger partial charge in [-0.2, -0.15) is 0 Å². The number of esters is 1. The minimum atomic E-state index is -0.105. The molecule has 0 radical (unpaired) electrons. The Morgan fingerprint density at radius 3 is 2.59 bits per heavy atom. The topological polar surface area (TPSA) is 58.6 Å². The summed E-state index contributed by atoms with van der Waals surface area (Å²) in [5.41, 5.74) is 2.35. The van der Waals surface area contributed by atoms with Crippen molar-refractivity contribution in [2.45, 2.75) is 19.4 Å². The van der Waals surface area contributed by atoms with Gasteiger partial charge in [0, 0.05) is 24.0 Å². The van der Waals surface area contributed by atoms with Crippen LogP contribution in [0.15, 0.2) is 35.7 Å². The highest BCUT2D eigenvalue weighted by Crippen LogP contribution is 2.39. The first-order valence-electron chi connectivity index (χ1n) is 9.88. The molecule has 0 N–H and O–H groups in total. The smallest absolute Gasteiger partial charge is 0.308 e. The van der Waals surface area contributed by atoms with Gasteiger partial charge in [0.2, 0.25) is 0 Å². The van der Waals surface area contributed by atoms with Gasteiger partial charge < -0.3 is 14.5 Å². The van der Waals surface area contributed by atoms with Crippen LogP contribution in [-0.2, 0) is 16.1 Å². The molecule has 1 saturated heterocycles. The van der Waals surface area contributed by atoms with Gasteiger partial charge in [-0.15, -0.1) is 11.3 Å². The van der Waals surface area contributed by atoms with E-state index in [1.54, 1.807) is 11.3 Å². The van der Waals surface area contributed by atoms with E-state index in [0.717, 1.165) is 47.8 Å². The molecular weight excluding hydrogens is 384 g/mol. The molecule has 0 spiro atoms. The molecule has 1 aliphatic heterocycles.